The molecular weight excluding hydrogens is 484 g/mol. The van der Waals surface area contributed by atoms with Crippen molar-refractivity contribution in [2.45, 2.75) is 19.1 Å². The smallest absolute Gasteiger partial charge is 0.338 e. The molecule has 3 aromatic carbocycles. The maximum atomic E-state index is 13.7. The molecule has 2 amide bonds. The number of imide groups is 1. The molecule has 0 aromatic heterocycles. The summed E-state index contributed by atoms with van der Waals surface area (Å²) in [7, 11) is 1.58. The molecule has 0 radical (unpaired) electrons. The summed E-state index contributed by atoms with van der Waals surface area (Å²) in [6.45, 7) is 1.97. The van der Waals surface area contributed by atoms with Crippen molar-refractivity contribution >= 4 is 40.8 Å². The Morgan fingerprint density at radius 3 is 2.17 bits per heavy atom. The van der Waals surface area contributed by atoms with Gasteiger partial charge < -0.3 is 9.47 Å². The van der Waals surface area contributed by atoms with Gasteiger partial charge in [-0.3, -0.25) is 14.4 Å². The van der Waals surface area contributed by atoms with Crippen molar-refractivity contribution in [3.05, 3.63) is 88.9 Å². The predicted molar refractivity (Wildman–Crippen MR) is 133 cm³/mol. The van der Waals surface area contributed by atoms with Crippen molar-refractivity contribution in [2.24, 2.45) is 5.92 Å². The number of ether oxygens (including phenoxy) is 2. The summed E-state index contributed by atoms with van der Waals surface area (Å²) in [5.41, 5.74) is 2.16. The quantitative estimate of drug-likeness (QED) is 0.357. The molecular formula is C27H23ClN2O6. The van der Waals surface area contributed by atoms with E-state index in [0.29, 0.717) is 27.7 Å². The molecule has 0 N–H and O–H groups in total. The molecule has 2 saturated heterocycles. The van der Waals surface area contributed by atoms with E-state index >= 15 is 0 Å². The van der Waals surface area contributed by atoms with Crippen LogP contribution in [0.15, 0.2) is 72.8 Å². The molecule has 2 aliphatic heterocycles. The van der Waals surface area contributed by atoms with Crippen LogP contribution in [-0.2, 0) is 19.2 Å². The van der Waals surface area contributed by atoms with E-state index in [0.717, 1.165) is 10.5 Å². The van der Waals surface area contributed by atoms with Gasteiger partial charge in [0.1, 0.15) is 11.7 Å². The van der Waals surface area contributed by atoms with E-state index in [2.05, 4.69) is 0 Å². The second kappa shape index (κ2) is 9.64. The topological polar surface area (TPSA) is 85.4 Å². The number of rotatable bonds is 6. The summed E-state index contributed by atoms with van der Waals surface area (Å²) >= 11 is 6.07. The van der Waals surface area contributed by atoms with Gasteiger partial charge in [-0.2, -0.15) is 0 Å². The van der Waals surface area contributed by atoms with Crippen LogP contribution in [0, 0.1) is 5.92 Å². The van der Waals surface area contributed by atoms with Gasteiger partial charge in [0.2, 0.25) is 5.91 Å². The Kier molecular flexibility index (Phi) is 6.38. The Morgan fingerprint density at radius 2 is 1.56 bits per heavy atom. The van der Waals surface area contributed by atoms with Crippen molar-refractivity contribution in [3.63, 3.8) is 0 Å². The number of methoxy groups -OCH3 is 1. The van der Waals surface area contributed by atoms with E-state index < -0.39 is 29.9 Å². The number of fused-ring (bicyclic) bond motifs is 1. The largest absolute Gasteiger partial charge is 0.497 e. The summed E-state index contributed by atoms with van der Waals surface area (Å²) in [4.78, 5) is 46.4. The first-order valence-electron chi connectivity index (χ1n) is 11.4. The van der Waals surface area contributed by atoms with Crippen LogP contribution in [0.4, 0.5) is 11.4 Å². The molecule has 3 atom stereocenters. The number of nitrogens with zero attached hydrogens (tertiary/aromatic N) is 2. The van der Waals surface area contributed by atoms with Gasteiger partial charge in [0.25, 0.3) is 5.91 Å². The monoisotopic (exact) mass is 506 g/mol. The lowest BCUT2D eigenvalue weighted by molar-refractivity contribution is -0.126. The number of hydrogen-bond donors (Lipinski definition) is 0. The highest BCUT2D eigenvalue weighted by Gasteiger charge is 2.60. The van der Waals surface area contributed by atoms with E-state index in [-0.39, 0.29) is 12.5 Å². The minimum absolute atomic E-state index is 0.251. The number of amides is 2. The highest BCUT2D eigenvalue weighted by molar-refractivity contribution is 6.30. The Balaban J connectivity index is 1.50. The van der Waals surface area contributed by atoms with E-state index in [9.17, 15) is 14.4 Å². The van der Waals surface area contributed by atoms with Crippen LogP contribution in [0.2, 0.25) is 5.02 Å². The fourth-order valence-electron chi connectivity index (χ4n) is 4.58. The third-order valence-electron chi connectivity index (χ3n) is 6.29. The third-order valence-corrected chi connectivity index (χ3v) is 6.54. The van der Waals surface area contributed by atoms with Crippen molar-refractivity contribution in [1.82, 2.24) is 0 Å². The number of anilines is 2. The molecule has 2 heterocycles. The predicted octanol–water partition coefficient (Wildman–Crippen LogP) is 4.58. The first-order chi connectivity index (χ1) is 17.4. The molecule has 8 nitrogen and oxygen atoms in total. The third kappa shape index (κ3) is 4.08. The Morgan fingerprint density at radius 1 is 0.917 bits per heavy atom. The molecule has 184 valence electrons. The van der Waals surface area contributed by atoms with E-state index in [1.54, 1.807) is 67.6 Å². The fraction of sp³-hybridized carbons (Fsp3) is 0.222. The minimum atomic E-state index is -1.01. The Bertz CT molecular complexity index is 1290. The van der Waals surface area contributed by atoms with Crippen molar-refractivity contribution in [2.75, 3.05) is 23.7 Å². The second-order valence-electron chi connectivity index (χ2n) is 8.35. The Labute approximate surface area is 212 Å². The molecule has 5 rings (SSSR count). The van der Waals surface area contributed by atoms with Gasteiger partial charge in [-0.1, -0.05) is 23.7 Å². The van der Waals surface area contributed by atoms with E-state index in [1.165, 1.54) is 12.1 Å². The van der Waals surface area contributed by atoms with Gasteiger partial charge in [0.05, 0.1) is 36.7 Å². The zero-order chi connectivity index (χ0) is 25.4. The first-order valence-corrected chi connectivity index (χ1v) is 11.8. The van der Waals surface area contributed by atoms with Crippen LogP contribution in [0.1, 0.15) is 28.9 Å². The lowest BCUT2D eigenvalue weighted by Gasteiger charge is -2.29. The van der Waals surface area contributed by atoms with Crippen LogP contribution in [-0.4, -0.2) is 37.6 Å². The molecule has 0 unspecified atom stereocenters. The van der Waals surface area contributed by atoms with E-state index in [4.69, 9.17) is 25.9 Å². The summed E-state index contributed by atoms with van der Waals surface area (Å²) < 4.78 is 10.3. The molecule has 0 aliphatic carbocycles. The zero-order valence-corrected chi connectivity index (χ0v) is 20.3. The minimum Gasteiger partial charge on any atom is -0.497 e. The number of benzene rings is 3. The number of halogens is 1. The summed E-state index contributed by atoms with van der Waals surface area (Å²) in [5.74, 6) is -1.44. The van der Waals surface area contributed by atoms with Crippen molar-refractivity contribution in [3.8, 4) is 5.75 Å². The average molecular weight is 507 g/mol. The maximum absolute atomic E-state index is 13.7. The molecule has 2 fully saturated rings. The van der Waals surface area contributed by atoms with Crippen molar-refractivity contribution < 1.29 is 28.7 Å². The van der Waals surface area contributed by atoms with Gasteiger partial charge >= 0.3 is 5.97 Å². The number of carbonyl (C=O) groups is 3. The number of esters is 1. The van der Waals surface area contributed by atoms with Crippen LogP contribution in [0.25, 0.3) is 0 Å². The van der Waals surface area contributed by atoms with Crippen LogP contribution in [0.5, 0.6) is 5.75 Å². The Hall–Kier alpha value is -3.88. The highest BCUT2D eigenvalue weighted by Crippen LogP contribution is 2.47. The second-order valence-corrected chi connectivity index (χ2v) is 8.79. The number of hydrogen-bond acceptors (Lipinski definition) is 7. The zero-order valence-electron chi connectivity index (χ0n) is 19.6. The lowest BCUT2D eigenvalue weighted by Crippen LogP contribution is -2.37. The van der Waals surface area contributed by atoms with Crippen LogP contribution < -0.4 is 14.7 Å². The van der Waals surface area contributed by atoms with Gasteiger partial charge in [-0.05, 0) is 73.2 Å². The molecule has 0 saturated carbocycles. The lowest BCUT2D eigenvalue weighted by atomic mass is 9.90. The number of hydroxylamine groups is 1. The summed E-state index contributed by atoms with van der Waals surface area (Å²) in [6, 6.07) is 19.9. The first kappa shape index (κ1) is 23.8. The fourth-order valence-corrected chi connectivity index (χ4v) is 4.71. The molecule has 9 heteroatoms. The summed E-state index contributed by atoms with van der Waals surface area (Å²) in [5, 5.41) is 2.16. The molecule has 0 bridgehead atoms. The molecule has 0 spiro atoms. The molecule has 3 aromatic rings. The van der Waals surface area contributed by atoms with Gasteiger partial charge in [0, 0.05) is 5.02 Å². The van der Waals surface area contributed by atoms with Crippen LogP contribution in [0.3, 0.4) is 0 Å². The van der Waals surface area contributed by atoms with Gasteiger partial charge in [-0.25, -0.2) is 14.8 Å². The molecule has 36 heavy (non-hydrogen) atoms. The van der Waals surface area contributed by atoms with E-state index in [1.807, 2.05) is 12.1 Å². The highest BCUT2D eigenvalue weighted by atomic mass is 35.5. The summed E-state index contributed by atoms with van der Waals surface area (Å²) in [6.07, 6.45) is -1.01. The average Bonchev–Trinajstić information content (AvgIpc) is 3.40. The normalized spacial score (nSPS) is 21.0. The molecule has 2 aliphatic rings. The van der Waals surface area contributed by atoms with Gasteiger partial charge in [-0.15, -0.1) is 0 Å². The maximum Gasteiger partial charge on any atom is 0.338 e. The SMILES string of the molecule is CCOC(=O)c1ccc(N2C(=O)[C@@H]3[C@H](ON(c4ccc(Cl)cc4)[C@@H]3c3ccc(OC)cc3)C2=O)cc1. The van der Waals surface area contributed by atoms with Crippen LogP contribution >= 0.6 is 11.6 Å². The van der Waals surface area contributed by atoms with Gasteiger partial charge in [0.15, 0.2) is 6.10 Å². The number of carbonyl (C=O) groups excluding carboxylic acids is 3. The standard InChI is InChI=1S/C27H23ClN2O6/c1-3-35-27(33)17-4-10-19(11-5-17)29-25(31)22-23(16-6-14-21(34-2)15-7-16)30(36-24(22)26(29)32)20-12-8-18(28)9-13-20/h4-15,22-24H,3H2,1-2H3/t22-,23+,24-/m0/s1. The van der Waals surface area contributed by atoms with Crippen molar-refractivity contribution in [1.29, 1.82) is 0 Å².